The topological polar surface area (TPSA) is 93.5 Å². The van der Waals surface area contributed by atoms with E-state index in [1.54, 1.807) is 0 Å². The maximum absolute atomic E-state index is 11.8. The van der Waals surface area contributed by atoms with Gasteiger partial charge in [-0.25, -0.2) is 4.68 Å². The van der Waals surface area contributed by atoms with Crippen LogP contribution in [0.4, 0.5) is 0 Å². The molecule has 0 aliphatic rings. The SMILES string of the molecule is COCCn1nc(C(=O)NCCCCO)ccc1=O. The summed E-state index contributed by atoms with van der Waals surface area (Å²) in [7, 11) is 1.53. The highest BCUT2D eigenvalue weighted by atomic mass is 16.5. The smallest absolute Gasteiger partial charge is 0.271 e. The third-order valence-corrected chi connectivity index (χ3v) is 2.48. The molecule has 0 aromatic carbocycles. The van der Waals surface area contributed by atoms with Gasteiger partial charge in [-0.3, -0.25) is 9.59 Å². The quantitative estimate of drug-likeness (QED) is 0.614. The van der Waals surface area contributed by atoms with Crippen LogP contribution >= 0.6 is 0 Å². The van der Waals surface area contributed by atoms with E-state index < -0.39 is 0 Å². The predicted octanol–water partition coefficient (Wildman–Crippen LogP) is -0.608. The molecule has 0 aliphatic heterocycles. The number of ether oxygens (including phenoxy) is 1. The molecule has 1 aromatic heterocycles. The van der Waals surface area contributed by atoms with Gasteiger partial charge in [0.05, 0.1) is 13.2 Å². The molecular formula is C12H19N3O4. The lowest BCUT2D eigenvalue weighted by molar-refractivity contribution is 0.0943. The van der Waals surface area contributed by atoms with E-state index in [-0.39, 0.29) is 23.8 Å². The molecule has 1 rings (SSSR count). The molecular weight excluding hydrogens is 250 g/mol. The summed E-state index contributed by atoms with van der Waals surface area (Å²) in [5.74, 6) is -0.330. The number of aliphatic hydroxyl groups excluding tert-OH is 1. The van der Waals surface area contributed by atoms with Gasteiger partial charge >= 0.3 is 0 Å². The highest BCUT2D eigenvalue weighted by Gasteiger charge is 2.08. The Balaban J connectivity index is 2.61. The lowest BCUT2D eigenvalue weighted by Gasteiger charge is -2.07. The maximum atomic E-state index is 11.8. The average Bonchev–Trinajstić information content (AvgIpc) is 2.42. The van der Waals surface area contributed by atoms with Crippen LogP contribution in [0.25, 0.3) is 0 Å². The lowest BCUT2D eigenvalue weighted by Crippen LogP contribution is -2.30. The molecule has 1 amide bonds. The number of hydrogen-bond acceptors (Lipinski definition) is 5. The fourth-order valence-electron chi connectivity index (χ4n) is 1.44. The van der Waals surface area contributed by atoms with E-state index in [2.05, 4.69) is 10.4 Å². The molecule has 0 spiro atoms. The van der Waals surface area contributed by atoms with Crippen molar-refractivity contribution in [1.82, 2.24) is 15.1 Å². The van der Waals surface area contributed by atoms with Crippen molar-refractivity contribution in [2.24, 2.45) is 0 Å². The van der Waals surface area contributed by atoms with Crippen molar-refractivity contribution in [1.29, 1.82) is 0 Å². The van der Waals surface area contributed by atoms with E-state index in [9.17, 15) is 9.59 Å². The molecule has 106 valence electrons. The number of nitrogens with one attached hydrogen (secondary N) is 1. The van der Waals surface area contributed by atoms with Gasteiger partial charge in [0.1, 0.15) is 5.69 Å². The summed E-state index contributed by atoms with van der Waals surface area (Å²) in [6.45, 7) is 1.24. The third-order valence-electron chi connectivity index (χ3n) is 2.48. The Morgan fingerprint density at radius 1 is 1.47 bits per heavy atom. The summed E-state index contributed by atoms with van der Waals surface area (Å²) < 4.78 is 6.07. The molecule has 0 atom stereocenters. The predicted molar refractivity (Wildman–Crippen MR) is 69.0 cm³/mol. The second kappa shape index (κ2) is 8.39. The lowest BCUT2D eigenvalue weighted by atomic mass is 10.3. The first kappa shape index (κ1) is 15.3. The van der Waals surface area contributed by atoms with Crippen molar-refractivity contribution in [3.8, 4) is 0 Å². The molecule has 2 N–H and O–H groups in total. The summed E-state index contributed by atoms with van der Waals surface area (Å²) in [5.41, 5.74) is -0.0754. The Hall–Kier alpha value is -1.73. The number of unbranched alkanes of at least 4 members (excludes halogenated alkanes) is 1. The minimum absolute atomic E-state index is 0.107. The number of nitrogens with zero attached hydrogens (tertiary/aromatic N) is 2. The number of hydrogen-bond donors (Lipinski definition) is 2. The first-order valence-corrected chi connectivity index (χ1v) is 6.15. The third kappa shape index (κ3) is 5.19. The number of methoxy groups -OCH3 is 1. The minimum Gasteiger partial charge on any atom is -0.396 e. The van der Waals surface area contributed by atoms with Crippen LogP contribution < -0.4 is 10.9 Å². The normalized spacial score (nSPS) is 10.4. The van der Waals surface area contributed by atoms with E-state index in [0.717, 1.165) is 0 Å². The van der Waals surface area contributed by atoms with Gasteiger partial charge in [0.25, 0.3) is 11.5 Å². The van der Waals surface area contributed by atoms with Crippen molar-refractivity contribution in [2.75, 3.05) is 26.9 Å². The fraction of sp³-hybridized carbons (Fsp3) is 0.583. The van der Waals surface area contributed by atoms with Gasteiger partial charge in [-0.15, -0.1) is 0 Å². The molecule has 1 heterocycles. The zero-order valence-corrected chi connectivity index (χ0v) is 11.0. The summed E-state index contributed by atoms with van der Waals surface area (Å²) in [5, 5.41) is 15.3. The van der Waals surface area contributed by atoms with Crippen LogP contribution in [-0.4, -0.2) is 47.7 Å². The molecule has 0 saturated carbocycles. The monoisotopic (exact) mass is 269 g/mol. The highest BCUT2D eigenvalue weighted by Crippen LogP contribution is 1.92. The standard InChI is InChI=1S/C12H19N3O4/c1-19-9-7-15-11(17)5-4-10(14-15)12(18)13-6-2-3-8-16/h4-5,16H,2-3,6-9H2,1H3,(H,13,18). The van der Waals surface area contributed by atoms with Crippen molar-refractivity contribution in [3.63, 3.8) is 0 Å². The van der Waals surface area contributed by atoms with Crippen molar-refractivity contribution >= 4 is 5.91 Å². The van der Waals surface area contributed by atoms with E-state index in [0.29, 0.717) is 32.5 Å². The summed E-state index contributed by atoms with van der Waals surface area (Å²) in [6.07, 6.45) is 1.34. The molecule has 7 heteroatoms. The molecule has 0 radical (unpaired) electrons. The van der Waals surface area contributed by atoms with Gasteiger partial charge in [0.2, 0.25) is 0 Å². The van der Waals surface area contributed by atoms with Gasteiger partial charge in [-0.2, -0.15) is 5.10 Å². The Morgan fingerprint density at radius 2 is 2.26 bits per heavy atom. The Kier molecular flexibility index (Phi) is 6.76. The summed E-state index contributed by atoms with van der Waals surface area (Å²) >= 11 is 0. The zero-order chi connectivity index (χ0) is 14.1. The molecule has 0 fully saturated rings. The van der Waals surface area contributed by atoms with Crippen LogP contribution in [0.2, 0.25) is 0 Å². The second-order valence-corrected chi connectivity index (χ2v) is 3.96. The minimum atomic E-state index is -0.330. The molecule has 0 bridgehead atoms. The Morgan fingerprint density at radius 3 is 2.95 bits per heavy atom. The molecule has 19 heavy (non-hydrogen) atoms. The first-order chi connectivity index (χ1) is 9.19. The summed E-state index contributed by atoms with van der Waals surface area (Å²) in [6, 6.07) is 2.71. The largest absolute Gasteiger partial charge is 0.396 e. The van der Waals surface area contributed by atoms with Crippen molar-refractivity contribution in [2.45, 2.75) is 19.4 Å². The van der Waals surface area contributed by atoms with Gasteiger partial charge in [-0.05, 0) is 18.9 Å². The van der Waals surface area contributed by atoms with Gasteiger partial charge in [0.15, 0.2) is 0 Å². The van der Waals surface area contributed by atoms with Crippen LogP contribution in [0.3, 0.4) is 0 Å². The fourth-order valence-corrected chi connectivity index (χ4v) is 1.44. The van der Waals surface area contributed by atoms with Crippen molar-refractivity contribution < 1.29 is 14.6 Å². The van der Waals surface area contributed by atoms with E-state index in [1.807, 2.05) is 0 Å². The van der Waals surface area contributed by atoms with Crippen LogP contribution in [-0.2, 0) is 11.3 Å². The number of aromatic nitrogens is 2. The maximum Gasteiger partial charge on any atom is 0.271 e. The molecule has 1 aromatic rings. The summed E-state index contributed by atoms with van der Waals surface area (Å²) in [4.78, 5) is 23.2. The van der Waals surface area contributed by atoms with E-state index in [1.165, 1.54) is 23.9 Å². The second-order valence-electron chi connectivity index (χ2n) is 3.96. The van der Waals surface area contributed by atoms with Crippen LogP contribution in [0.5, 0.6) is 0 Å². The number of amides is 1. The molecule has 0 aliphatic carbocycles. The molecule has 7 nitrogen and oxygen atoms in total. The van der Waals surface area contributed by atoms with Crippen LogP contribution in [0.1, 0.15) is 23.3 Å². The number of rotatable bonds is 8. The van der Waals surface area contributed by atoms with Crippen LogP contribution in [0, 0.1) is 0 Å². The van der Waals surface area contributed by atoms with Gasteiger partial charge < -0.3 is 15.2 Å². The number of aliphatic hydroxyl groups is 1. The van der Waals surface area contributed by atoms with E-state index >= 15 is 0 Å². The number of carbonyl (C=O) groups excluding carboxylic acids is 1. The first-order valence-electron chi connectivity index (χ1n) is 6.15. The average molecular weight is 269 g/mol. The molecule has 0 unspecified atom stereocenters. The Labute approximate surface area is 111 Å². The van der Waals surface area contributed by atoms with Crippen molar-refractivity contribution in [3.05, 3.63) is 28.2 Å². The van der Waals surface area contributed by atoms with Gasteiger partial charge in [0, 0.05) is 26.3 Å². The van der Waals surface area contributed by atoms with E-state index in [4.69, 9.17) is 9.84 Å². The zero-order valence-electron chi connectivity index (χ0n) is 11.0. The molecule has 0 saturated heterocycles. The highest BCUT2D eigenvalue weighted by molar-refractivity contribution is 5.91. The number of carbonyl (C=O) groups is 1. The van der Waals surface area contributed by atoms with Crippen LogP contribution in [0.15, 0.2) is 16.9 Å². The van der Waals surface area contributed by atoms with Gasteiger partial charge in [-0.1, -0.05) is 0 Å². The Bertz CT molecular complexity index is 459.